The Hall–Kier alpha value is -1.15. The zero-order valence-electron chi connectivity index (χ0n) is 12.1. The zero-order chi connectivity index (χ0) is 17.0. The molecule has 3 nitrogen and oxygen atoms in total. The van der Waals surface area contributed by atoms with Crippen molar-refractivity contribution in [1.29, 1.82) is 0 Å². The highest BCUT2D eigenvalue weighted by Gasteiger charge is 2.52. The number of aliphatic hydroxyl groups is 1. The van der Waals surface area contributed by atoms with Crippen LogP contribution in [0.5, 0.6) is 0 Å². The molecule has 0 aromatic heterocycles. The molecule has 128 valence electrons. The second kappa shape index (κ2) is 5.17. The molecule has 2 heterocycles. The van der Waals surface area contributed by atoms with Crippen molar-refractivity contribution in [2.75, 3.05) is 0 Å². The second-order valence-electron chi connectivity index (χ2n) is 6.53. The summed E-state index contributed by atoms with van der Waals surface area (Å²) >= 11 is 0. The molecule has 2 atom stereocenters. The molecule has 0 radical (unpaired) electrons. The number of sulfone groups is 1. The van der Waals surface area contributed by atoms with Crippen LogP contribution in [0, 0.1) is 5.82 Å². The Morgan fingerprint density at radius 1 is 1.17 bits per heavy atom. The first-order valence-corrected chi connectivity index (χ1v) is 8.93. The molecule has 3 rings (SSSR count). The second-order valence-corrected chi connectivity index (χ2v) is 9.04. The van der Waals surface area contributed by atoms with Gasteiger partial charge in [-0.3, -0.25) is 0 Å². The minimum atomic E-state index is -4.81. The number of rotatable bonds is 2. The third-order valence-electron chi connectivity index (χ3n) is 4.82. The highest BCUT2D eigenvalue weighted by molar-refractivity contribution is 7.93. The van der Waals surface area contributed by atoms with E-state index in [4.69, 9.17) is 0 Å². The van der Waals surface area contributed by atoms with Crippen molar-refractivity contribution >= 4 is 9.84 Å². The van der Waals surface area contributed by atoms with Gasteiger partial charge in [0, 0.05) is 6.42 Å². The zero-order valence-corrected chi connectivity index (χ0v) is 12.9. The van der Waals surface area contributed by atoms with Gasteiger partial charge in [0.1, 0.15) is 5.82 Å². The Morgan fingerprint density at radius 3 is 2.26 bits per heavy atom. The third-order valence-corrected chi connectivity index (χ3v) is 7.49. The average Bonchev–Trinajstić information content (AvgIpc) is 2.60. The molecule has 8 heteroatoms. The summed E-state index contributed by atoms with van der Waals surface area (Å²) < 4.78 is 75.7. The van der Waals surface area contributed by atoms with Crippen molar-refractivity contribution in [1.82, 2.24) is 0 Å². The smallest absolute Gasteiger partial charge is 0.389 e. The molecule has 2 fully saturated rings. The van der Waals surface area contributed by atoms with Gasteiger partial charge >= 0.3 is 6.18 Å². The van der Waals surface area contributed by atoms with E-state index in [9.17, 15) is 31.1 Å². The molecule has 2 unspecified atom stereocenters. The summed E-state index contributed by atoms with van der Waals surface area (Å²) in [6.45, 7) is 0. The highest BCUT2D eigenvalue weighted by atomic mass is 32.2. The van der Waals surface area contributed by atoms with Crippen LogP contribution >= 0.6 is 0 Å². The Bertz CT molecular complexity index is 707. The van der Waals surface area contributed by atoms with Crippen molar-refractivity contribution in [2.45, 2.75) is 54.4 Å². The Morgan fingerprint density at radius 2 is 1.74 bits per heavy atom. The maximum Gasteiger partial charge on any atom is 0.419 e. The Labute approximate surface area is 131 Å². The van der Waals surface area contributed by atoms with E-state index in [0.717, 1.165) is 6.07 Å². The molecule has 0 spiro atoms. The van der Waals surface area contributed by atoms with E-state index >= 15 is 0 Å². The lowest BCUT2D eigenvalue weighted by atomic mass is 9.86. The van der Waals surface area contributed by atoms with E-state index in [-0.39, 0.29) is 24.8 Å². The van der Waals surface area contributed by atoms with Crippen LogP contribution in [-0.4, -0.2) is 29.6 Å². The fourth-order valence-electron chi connectivity index (χ4n) is 3.76. The summed E-state index contributed by atoms with van der Waals surface area (Å²) in [5.74, 6) is -1.36. The monoisotopic (exact) mass is 352 g/mol. The molecule has 1 aromatic rings. The Kier molecular flexibility index (Phi) is 3.76. The van der Waals surface area contributed by atoms with E-state index in [1.54, 1.807) is 0 Å². The number of alkyl halides is 3. The molecule has 1 aromatic carbocycles. The molecule has 0 amide bonds. The molecule has 2 saturated heterocycles. The predicted molar refractivity (Wildman–Crippen MR) is 75.0 cm³/mol. The maximum atomic E-state index is 13.3. The van der Waals surface area contributed by atoms with Crippen LogP contribution in [0.4, 0.5) is 17.6 Å². The minimum absolute atomic E-state index is 0.0184. The number of fused-ring (bicyclic) bond motifs is 2. The van der Waals surface area contributed by atoms with Crippen LogP contribution in [0.3, 0.4) is 0 Å². The fourth-order valence-corrected chi connectivity index (χ4v) is 6.32. The van der Waals surface area contributed by atoms with Gasteiger partial charge in [-0.25, -0.2) is 12.8 Å². The number of benzene rings is 1. The highest BCUT2D eigenvalue weighted by Crippen LogP contribution is 2.44. The van der Waals surface area contributed by atoms with Crippen molar-refractivity contribution in [3.63, 3.8) is 0 Å². The normalized spacial score (nSPS) is 32.9. The van der Waals surface area contributed by atoms with Crippen LogP contribution < -0.4 is 0 Å². The summed E-state index contributed by atoms with van der Waals surface area (Å²) in [6, 6.07) is 2.63. The van der Waals surface area contributed by atoms with E-state index in [1.807, 2.05) is 0 Å². The van der Waals surface area contributed by atoms with E-state index < -0.39 is 43.5 Å². The van der Waals surface area contributed by atoms with Gasteiger partial charge in [-0.2, -0.15) is 13.2 Å². The molecule has 0 saturated carbocycles. The van der Waals surface area contributed by atoms with E-state index in [2.05, 4.69) is 0 Å². The molecule has 23 heavy (non-hydrogen) atoms. The summed E-state index contributed by atoms with van der Waals surface area (Å²) in [7, 11) is -3.23. The molecular weight excluding hydrogens is 336 g/mol. The molecule has 2 aliphatic heterocycles. The number of hydrogen-bond acceptors (Lipinski definition) is 3. The first-order chi connectivity index (χ1) is 10.5. The van der Waals surface area contributed by atoms with Crippen LogP contribution in [0.1, 0.15) is 36.8 Å². The van der Waals surface area contributed by atoms with Crippen LogP contribution in [0.25, 0.3) is 0 Å². The summed E-state index contributed by atoms with van der Waals surface area (Å²) in [4.78, 5) is 0. The first kappa shape index (κ1) is 16.7. The lowest BCUT2D eigenvalue weighted by Crippen LogP contribution is -2.46. The molecule has 1 N–H and O–H groups in total. The van der Waals surface area contributed by atoms with Crippen molar-refractivity contribution in [3.05, 3.63) is 35.1 Å². The van der Waals surface area contributed by atoms with Crippen molar-refractivity contribution in [3.8, 4) is 0 Å². The van der Waals surface area contributed by atoms with Crippen LogP contribution in [-0.2, 0) is 22.4 Å². The standard InChI is InChI=1S/C15H16F4O3S/c16-13-4-1-9(5-12(13)15(17,18)19)6-14(20)7-10-2-3-11(8-14)23(10,21)22/h1,4-5,10-11,20H,2-3,6-8H2. The summed E-state index contributed by atoms with van der Waals surface area (Å²) in [5, 5.41) is 9.40. The molecule has 0 aliphatic carbocycles. The van der Waals surface area contributed by atoms with E-state index in [1.165, 1.54) is 6.07 Å². The van der Waals surface area contributed by atoms with Gasteiger partial charge in [-0.15, -0.1) is 0 Å². The third kappa shape index (κ3) is 2.98. The van der Waals surface area contributed by atoms with Crippen LogP contribution in [0.2, 0.25) is 0 Å². The summed E-state index contributed by atoms with van der Waals surface area (Å²) in [5.41, 5.74) is -2.58. The lowest BCUT2D eigenvalue weighted by molar-refractivity contribution is -0.140. The van der Waals surface area contributed by atoms with Gasteiger partial charge in [-0.05, 0) is 43.4 Å². The lowest BCUT2D eigenvalue weighted by Gasteiger charge is -2.36. The maximum absolute atomic E-state index is 13.3. The number of hydrogen-bond donors (Lipinski definition) is 1. The van der Waals surface area contributed by atoms with Gasteiger partial charge < -0.3 is 5.11 Å². The average molecular weight is 352 g/mol. The first-order valence-electron chi connectivity index (χ1n) is 7.32. The number of halogens is 4. The Balaban J connectivity index is 1.86. The molecular formula is C15H16F4O3S. The quantitative estimate of drug-likeness (QED) is 0.833. The fraction of sp³-hybridized carbons (Fsp3) is 0.600. The summed E-state index contributed by atoms with van der Waals surface area (Å²) in [6.07, 6.45) is -3.93. The topological polar surface area (TPSA) is 54.4 Å². The minimum Gasteiger partial charge on any atom is -0.389 e. The van der Waals surface area contributed by atoms with E-state index in [0.29, 0.717) is 18.9 Å². The largest absolute Gasteiger partial charge is 0.419 e. The van der Waals surface area contributed by atoms with Gasteiger partial charge in [-0.1, -0.05) is 6.07 Å². The molecule has 2 aliphatic rings. The van der Waals surface area contributed by atoms with Crippen LogP contribution in [0.15, 0.2) is 18.2 Å². The van der Waals surface area contributed by atoms with Crippen molar-refractivity contribution in [2.24, 2.45) is 0 Å². The van der Waals surface area contributed by atoms with Gasteiger partial charge in [0.05, 0.1) is 21.7 Å². The molecule has 2 bridgehead atoms. The SMILES string of the molecule is O=S1(=O)C2CCC1CC(O)(Cc1ccc(F)c(C(F)(F)F)c1)C2. The van der Waals surface area contributed by atoms with Crippen molar-refractivity contribution < 1.29 is 31.1 Å². The van der Waals surface area contributed by atoms with Gasteiger partial charge in [0.2, 0.25) is 0 Å². The van der Waals surface area contributed by atoms with Gasteiger partial charge in [0.15, 0.2) is 9.84 Å². The van der Waals surface area contributed by atoms with Gasteiger partial charge in [0.25, 0.3) is 0 Å². The predicted octanol–water partition coefficient (Wildman–Crippen LogP) is 2.86.